The molecule has 0 saturated heterocycles. The summed E-state index contributed by atoms with van der Waals surface area (Å²) in [6, 6.07) is 4.34. The molecular weight excluding hydrogens is 384 g/mol. The number of nitro groups is 1. The SMILES string of the molecule is N#C/C(=N\Nc1cc(Br)c([N+](=O)[O-])cc1Br)C(=N)N. The van der Waals surface area contributed by atoms with Crippen LogP contribution in [0.15, 0.2) is 26.2 Å². The molecule has 0 radical (unpaired) electrons. The van der Waals surface area contributed by atoms with Crippen LogP contribution in [0.2, 0.25) is 0 Å². The molecule has 0 amide bonds. The summed E-state index contributed by atoms with van der Waals surface area (Å²) in [5.74, 6) is -0.480. The Labute approximate surface area is 124 Å². The summed E-state index contributed by atoms with van der Waals surface area (Å²) in [5, 5.41) is 30.1. The first-order valence-corrected chi connectivity index (χ1v) is 6.17. The van der Waals surface area contributed by atoms with Crippen molar-refractivity contribution in [2.24, 2.45) is 10.8 Å². The average molecular weight is 390 g/mol. The summed E-state index contributed by atoms with van der Waals surface area (Å²) in [6.07, 6.45) is 0. The summed E-state index contributed by atoms with van der Waals surface area (Å²) in [7, 11) is 0. The molecule has 8 nitrogen and oxygen atoms in total. The van der Waals surface area contributed by atoms with Crippen LogP contribution in [0.4, 0.5) is 11.4 Å². The number of nitriles is 1. The van der Waals surface area contributed by atoms with E-state index in [2.05, 4.69) is 42.4 Å². The average Bonchev–Trinajstić information content (AvgIpc) is 2.32. The fraction of sp³-hybridized carbons (Fsp3) is 0. The number of nitrogens with two attached hydrogens (primary N) is 1. The first kappa shape index (κ1) is 15.1. The fourth-order valence-corrected chi connectivity index (χ4v) is 1.93. The number of nitro benzene ring substituents is 1. The van der Waals surface area contributed by atoms with E-state index in [-0.39, 0.29) is 15.9 Å². The lowest BCUT2D eigenvalue weighted by Gasteiger charge is -2.05. The van der Waals surface area contributed by atoms with Crippen molar-refractivity contribution in [2.75, 3.05) is 5.43 Å². The molecule has 0 saturated carbocycles. The molecule has 0 heterocycles. The van der Waals surface area contributed by atoms with Gasteiger partial charge in [-0.25, -0.2) is 0 Å². The molecule has 4 N–H and O–H groups in total. The number of benzene rings is 1. The largest absolute Gasteiger partial charge is 0.382 e. The number of rotatable bonds is 4. The summed E-state index contributed by atoms with van der Waals surface area (Å²) in [6.45, 7) is 0. The lowest BCUT2D eigenvalue weighted by atomic mass is 10.3. The quantitative estimate of drug-likeness (QED) is 0.313. The maximum absolute atomic E-state index is 10.7. The fourth-order valence-electron chi connectivity index (χ4n) is 1.02. The van der Waals surface area contributed by atoms with Crippen molar-refractivity contribution in [1.29, 1.82) is 10.7 Å². The lowest BCUT2D eigenvalue weighted by Crippen LogP contribution is -2.21. The molecule has 0 aliphatic heterocycles. The van der Waals surface area contributed by atoms with Gasteiger partial charge >= 0.3 is 0 Å². The summed E-state index contributed by atoms with van der Waals surface area (Å²) in [5.41, 5.74) is 7.59. The molecule has 0 bridgehead atoms. The molecule has 0 fully saturated rings. The second kappa shape index (κ2) is 6.26. The van der Waals surface area contributed by atoms with E-state index < -0.39 is 10.8 Å². The molecule has 0 unspecified atom stereocenters. The molecule has 98 valence electrons. The number of amidine groups is 1. The Bertz CT molecular complexity index is 622. The Hall–Kier alpha value is -1.99. The Balaban J connectivity index is 3.11. The first-order valence-electron chi connectivity index (χ1n) is 4.58. The molecule has 0 spiro atoms. The van der Waals surface area contributed by atoms with Gasteiger partial charge in [-0.1, -0.05) is 0 Å². The first-order chi connectivity index (χ1) is 8.86. The zero-order chi connectivity index (χ0) is 14.6. The Morgan fingerprint density at radius 2 is 2.16 bits per heavy atom. The summed E-state index contributed by atoms with van der Waals surface area (Å²) < 4.78 is 0.631. The normalized spacial score (nSPS) is 10.7. The monoisotopic (exact) mass is 388 g/mol. The van der Waals surface area contributed by atoms with Crippen LogP contribution in [-0.4, -0.2) is 16.5 Å². The van der Waals surface area contributed by atoms with Gasteiger partial charge in [0, 0.05) is 10.5 Å². The van der Waals surface area contributed by atoms with Crippen molar-refractivity contribution in [2.45, 2.75) is 0 Å². The van der Waals surface area contributed by atoms with E-state index in [4.69, 9.17) is 16.4 Å². The minimum atomic E-state index is -0.543. The van der Waals surface area contributed by atoms with Crippen molar-refractivity contribution < 1.29 is 4.92 Å². The molecule has 0 aliphatic carbocycles. The second-order valence-electron chi connectivity index (χ2n) is 3.14. The van der Waals surface area contributed by atoms with E-state index in [1.807, 2.05) is 0 Å². The zero-order valence-corrected chi connectivity index (χ0v) is 12.3. The van der Waals surface area contributed by atoms with Crippen LogP contribution in [-0.2, 0) is 0 Å². The Morgan fingerprint density at radius 3 is 2.63 bits per heavy atom. The van der Waals surface area contributed by atoms with Crippen molar-refractivity contribution in [1.82, 2.24) is 0 Å². The van der Waals surface area contributed by atoms with Gasteiger partial charge in [0.15, 0.2) is 5.84 Å². The Kier molecular flexibility index (Phi) is 4.96. The van der Waals surface area contributed by atoms with E-state index in [1.165, 1.54) is 12.1 Å². The predicted molar refractivity (Wildman–Crippen MR) is 77.1 cm³/mol. The number of hydrazone groups is 1. The molecule has 1 aromatic rings. The van der Waals surface area contributed by atoms with E-state index in [0.717, 1.165) is 0 Å². The van der Waals surface area contributed by atoms with Crippen LogP contribution < -0.4 is 11.2 Å². The van der Waals surface area contributed by atoms with Crippen LogP contribution in [0.25, 0.3) is 0 Å². The highest BCUT2D eigenvalue weighted by Crippen LogP contribution is 2.34. The van der Waals surface area contributed by atoms with Gasteiger partial charge in [-0.3, -0.25) is 20.9 Å². The molecule has 1 aromatic carbocycles. The minimum absolute atomic E-state index is 0.117. The molecule has 10 heteroatoms. The highest BCUT2D eigenvalue weighted by Gasteiger charge is 2.15. The van der Waals surface area contributed by atoms with Crippen LogP contribution in [0.1, 0.15) is 0 Å². The topological polar surface area (TPSA) is 141 Å². The number of halogens is 2. The van der Waals surface area contributed by atoms with Crippen LogP contribution in [0, 0.1) is 26.9 Å². The number of anilines is 1. The van der Waals surface area contributed by atoms with Gasteiger partial charge in [0.25, 0.3) is 5.69 Å². The number of nitrogens with one attached hydrogen (secondary N) is 2. The van der Waals surface area contributed by atoms with Crippen molar-refractivity contribution >= 4 is 54.8 Å². The van der Waals surface area contributed by atoms with Crippen LogP contribution in [0.5, 0.6) is 0 Å². The standard InChI is InChI=1S/C9H6Br2N6O2/c10-4-2-8(17(18)19)5(11)1-6(4)15-16-7(3-12)9(13)14/h1-2,15H,(H3,13,14)/b16-7+. The number of hydrogen-bond acceptors (Lipinski definition) is 6. The predicted octanol–water partition coefficient (Wildman–Crippen LogP) is 2.35. The molecule has 0 aromatic heterocycles. The lowest BCUT2D eigenvalue weighted by molar-refractivity contribution is -0.385. The maximum atomic E-state index is 10.7. The van der Waals surface area contributed by atoms with Crippen molar-refractivity contribution in [3.05, 3.63) is 31.2 Å². The molecule has 1 rings (SSSR count). The van der Waals surface area contributed by atoms with Crippen molar-refractivity contribution in [3.63, 3.8) is 0 Å². The second-order valence-corrected chi connectivity index (χ2v) is 4.85. The third-order valence-electron chi connectivity index (χ3n) is 1.88. The van der Waals surface area contributed by atoms with Gasteiger partial charge in [-0.15, -0.1) is 0 Å². The number of nitrogens with zero attached hydrogens (tertiary/aromatic N) is 3. The summed E-state index contributed by atoms with van der Waals surface area (Å²) in [4.78, 5) is 10.2. The highest BCUT2D eigenvalue weighted by atomic mass is 79.9. The molecular formula is C9H6Br2N6O2. The van der Waals surface area contributed by atoms with Crippen LogP contribution in [0.3, 0.4) is 0 Å². The molecule has 0 aliphatic rings. The van der Waals surface area contributed by atoms with E-state index in [9.17, 15) is 10.1 Å². The van der Waals surface area contributed by atoms with Gasteiger partial charge in [0.1, 0.15) is 6.07 Å². The van der Waals surface area contributed by atoms with Gasteiger partial charge < -0.3 is 5.73 Å². The third-order valence-corrected chi connectivity index (χ3v) is 3.17. The van der Waals surface area contributed by atoms with Gasteiger partial charge in [0.2, 0.25) is 5.71 Å². The van der Waals surface area contributed by atoms with Crippen molar-refractivity contribution in [3.8, 4) is 6.07 Å². The maximum Gasteiger partial charge on any atom is 0.284 e. The van der Waals surface area contributed by atoms with Crippen LogP contribution >= 0.6 is 31.9 Å². The van der Waals surface area contributed by atoms with E-state index in [0.29, 0.717) is 10.2 Å². The summed E-state index contributed by atoms with van der Waals surface area (Å²) >= 11 is 6.19. The molecule has 19 heavy (non-hydrogen) atoms. The van der Waals surface area contributed by atoms with E-state index in [1.54, 1.807) is 6.07 Å². The minimum Gasteiger partial charge on any atom is -0.382 e. The zero-order valence-electron chi connectivity index (χ0n) is 9.15. The third kappa shape index (κ3) is 3.73. The Morgan fingerprint density at radius 1 is 1.53 bits per heavy atom. The highest BCUT2D eigenvalue weighted by molar-refractivity contribution is 9.11. The van der Waals surface area contributed by atoms with Gasteiger partial charge in [-0.05, 0) is 37.9 Å². The smallest absolute Gasteiger partial charge is 0.284 e. The van der Waals surface area contributed by atoms with E-state index >= 15 is 0 Å². The van der Waals surface area contributed by atoms with Gasteiger partial charge in [-0.2, -0.15) is 10.4 Å². The van der Waals surface area contributed by atoms with Gasteiger partial charge in [0.05, 0.1) is 15.1 Å². The molecule has 0 atom stereocenters. The number of hydrogen-bond donors (Lipinski definition) is 3.